The zero-order valence-electron chi connectivity index (χ0n) is 29.0. The number of ether oxygens (including phenoxy) is 3. The first-order valence-electron chi connectivity index (χ1n) is 16.7. The zero-order chi connectivity index (χ0) is 37.9. The Morgan fingerprint density at radius 3 is 2.36 bits per heavy atom. The minimum atomic E-state index is -3.45. The average molecular weight is 749 g/mol. The predicted molar refractivity (Wildman–Crippen MR) is 196 cm³/mol. The van der Waals surface area contributed by atoms with Crippen molar-refractivity contribution in [1.82, 2.24) is 15.0 Å². The lowest BCUT2D eigenvalue weighted by Gasteiger charge is -2.21. The van der Waals surface area contributed by atoms with E-state index in [0.29, 0.717) is 69.0 Å². The lowest BCUT2D eigenvalue weighted by atomic mass is 10.0. The summed E-state index contributed by atoms with van der Waals surface area (Å²) >= 11 is 0. The van der Waals surface area contributed by atoms with E-state index >= 15 is 0 Å². The number of halogens is 2. The van der Waals surface area contributed by atoms with E-state index in [0.717, 1.165) is 44.2 Å². The van der Waals surface area contributed by atoms with E-state index in [1.54, 1.807) is 30.3 Å². The van der Waals surface area contributed by atoms with Crippen molar-refractivity contribution in [2.45, 2.75) is 51.9 Å². The van der Waals surface area contributed by atoms with Crippen molar-refractivity contribution in [1.29, 1.82) is 0 Å². The summed E-state index contributed by atoms with van der Waals surface area (Å²) in [5, 5.41) is 3.46. The number of pyridine rings is 1. The van der Waals surface area contributed by atoms with Gasteiger partial charge in [0.1, 0.15) is 29.1 Å². The maximum Gasteiger partial charge on any atom is 0.410 e. The molecule has 5 rings (SSSR count). The van der Waals surface area contributed by atoms with Crippen LogP contribution in [0.15, 0.2) is 73.2 Å². The number of benzene rings is 3. The predicted octanol–water partition coefficient (Wildman–Crippen LogP) is 7.16. The van der Waals surface area contributed by atoms with Gasteiger partial charge in [-0.05, 0) is 67.8 Å². The van der Waals surface area contributed by atoms with Gasteiger partial charge in [0, 0.05) is 35.3 Å². The molecule has 5 aromatic rings. The van der Waals surface area contributed by atoms with Gasteiger partial charge >= 0.3 is 6.09 Å². The highest BCUT2D eigenvalue weighted by molar-refractivity contribution is 7.74. The fourth-order valence-electron chi connectivity index (χ4n) is 5.66. The lowest BCUT2D eigenvalue weighted by molar-refractivity contribution is -0.116. The van der Waals surface area contributed by atoms with Gasteiger partial charge in [-0.2, -0.15) is 0 Å². The molecule has 3 aromatic carbocycles. The molecule has 0 spiro atoms. The van der Waals surface area contributed by atoms with E-state index in [9.17, 15) is 26.8 Å². The van der Waals surface area contributed by atoms with Gasteiger partial charge in [-0.15, -0.1) is 0 Å². The quantitative estimate of drug-likeness (QED) is 0.0654. The Labute approximate surface area is 306 Å². The molecule has 0 aliphatic rings. The first-order valence-corrected chi connectivity index (χ1v) is 17.9. The number of hydrogen-bond donors (Lipinski definition) is 3. The molecule has 0 saturated carbocycles. The van der Waals surface area contributed by atoms with E-state index in [4.69, 9.17) is 19.9 Å². The number of nitrogens with zero attached hydrogens (tertiary/aromatic N) is 4. The Morgan fingerprint density at radius 1 is 0.868 bits per heavy atom. The topological polar surface area (TPSA) is 176 Å². The molecule has 0 bridgehead atoms. The smallest absolute Gasteiger partial charge is 0.410 e. The van der Waals surface area contributed by atoms with E-state index in [2.05, 4.69) is 20.3 Å². The third-order valence-electron chi connectivity index (χ3n) is 8.22. The number of methoxy groups -OCH3 is 1. The molecular formula is C37H38F2N6O7S. The minimum absolute atomic E-state index is 0.0732. The molecule has 0 fully saturated rings. The van der Waals surface area contributed by atoms with Gasteiger partial charge in [0.15, 0.2) is 11.6 Å². The Morgan fingerprint density at radius 2 is 1.62 bits per heavy atom. The van der Waals surface area contributed by atoms with Crippen molar-refractivity contribution < 1.29 is 41.0 Å². The van der Waals surface area contributed by atoms with Crippen LogP contribution in [-0.2, 0) is 15.7 Å². The maximum absolute atomic E-state index is 14.8. The Kier molecular flexibility index (Phi) is 13.0. The molecule has 0 aliphatic carbocycles. The number of thiol groups is 1. The molecule has 13 nitrogen and oxygen atoms in total. The van der Waals surface area contributed by atoms with Crippen LogP contribution in [0.3, 0.4) is 0 Å². The summed E-state index contributed by atoms with van der Waals surface area (Å²) in [4.78, 5) is 36.6. The second-order valence-corrected chi connectivity index (χ2v) is 12.8. The van der Waals surface area contributed by atoms with Crippen LogP contribution in [-0.4, -0.2) is 49.1 Å². The number of anilines is 3. The highest BCUT2D eigenvalue weighted by atomic mass is 32.2. The van der Waals surface area contributed by atoms with Crippen LogP contribution in [0.2, 0.25) is 0 Å². The third-order valence-corrected chi connectivity index (χ3v) is 8.98. The number of unbranched alkanes of at least 4 members (excludes halogenated alkanes) is 5. The van der Waals surface area contributed by atoms with Crippen LogP contribution in [0, 0.1) is 18.6 Å². The Hall–Kier alpha value is -5.90. The fourth-order valence-corrected chi connectivity index (χ4v) is 6.32. The number of fused-ring (bicyclic) bond motifs is 1. The number of carbonyl (C=O) groups excluding carboxylic acids is 2. The summed E-state index contributed by atoms with van der Waals surface area (Å²) < 4.78 is 70.5. The number of hydrogen-bond acceptors (Lipinski definition) is 10. The number of carbonyl (C=O) groups is 2. The highest BCUT2D eigenvalue weighted by Crippen LogP contribution is 2.39. The van der Waals surface area contributed by atoms with Crippen molar-refractivity contribution in [2.75, 3.05) is 23.3 Å². The summed E-state index contributed by atoms with van der Waals surface area (Å²) in [6.07, 6.45) is 7.38. The molecular weight excluding hydrogens is 711 g/mol. The van der Waals surface area contributed by atoms with Gasteiger partial charge in [-0.3, -0.25) is 4.79 Å². The summed E-state index contributed by atoms with van der Waals surface area (Å²) in [5.41, 5.74) is 7.37. The minimum Gasteiger partial charge on any atom is -0.491 e. The van der Waals surface area contributed by atoms with Crippen LogP contribution >= 0.6 is 0 Å². The number of nitrogens with one attached hydrogen (secondary N) is 1. The number of para-hydroxylation sites is 2. The van der Waals surface area contributed by atoms with Gasteiger partial charge in [0.25, 0.3) is 0 Å². The zero-order valence-corrected chi connectivity index (χ0v) is 29.9. The fraction of sp³-hybridized carbons (Fsp3) is 0.270. The summed E-state index contributed by atoms with van der Waals surface area (Å²) in [7, 11) is -2.14. The Balaban J connectivity index is 1.21. The van der Waals surface area contributed by atoms with Crippen LogP contribution < -0.4 is 29.6 Å². The van der Waals surface area contributed by atoms with Gasteiger partial charge in [-0.1, -0.05) is 37.8 Å². The molecule has 0 atom stereocenters. The molecule has 16 heteroatoms. The van der Waals surface area contributed by atoms with Crippen LogP contribution in [0.4, 0.5) is 30.6 Å². The highest BCUT2D eigenvalue weighted by Gasteiger charge is 2.23. The summed E-state index contributed by atoms with van der Waals surface area (Å²) in [5.74, 6) is -1.53. The van der Waals surface area contributed by atoms with Gasteiger partial charge in [0.05, 0.1) is 25.1 Å². The molecule has 2 aromatic heterocycles. The maximum atomic E-state index is 14.8. The third kappa shape index (κ3) is 9.91. The number of nitrogens with two attached hydrogens (primary N) is 1. The molecule has 0 aliphatic heterocycles. The molecule has 3 N–H and O–H groups in total. The van der Waals surface area contributed by atoms with Crippen molar-refractivity contribution in [3.05, 3.63) is 90.5 Å². The van der Waals surface area contributed by atoms with Crippen LogP contribution in [0.1, 0.15) is 50.6 Å². The lowest BCUT2D eigenvalue weighted by Crippen LogP contribution is -2.18. The van der Waals surface area contributed by atoms with Crippen molar-refractivity contribution in [3.63, 3.8) is 0 Å². The number of aryl methyl sites for hydroxylation is 1. The summed E-state index contributed by atoms with van der Waals surface area (Å²) in [6.45, 7) is 2.23. The number of aromatic nitrogens is 3. The van der Waals surface area contributed by atoms with Gasteiger partial charge in [-0.25, -0.2) is 41.3 Å². The molecule has 0 saturated heterocycles. The van der Waals surface area contributed by atoms with Crippen molar-refractivity contribution >= 4 is 50.9 Å². The second kappa shape index (κ2) is 18.0. The normalized spacial score (nSPS) is 11.0. The van der Waals surface area contributed by atoms with E-state index in [-0.39, 0.29) is 23.2 Å². The summed E-state index contributed by atoms with van der Waals surface area (Å²) in [6, 6.07) is 14.2. The Bertz CT molecular complexity index is 2180. The first kappa shape index (κ1) is 38.3. The van der Waals surface area contributed by atoms with Crippen molar-refractivity contribution in [3.8, 4) is 28.5 Å². The van der Waals surface area contributed by atoms with Crippen LogP contribution in [0.5, 0.6) is 17.4 Å². The van der Waals surface area contributed by atoms with Gasteiger partial charge < -0.3 is 25.3 Å². The first-order chi connectivity index (χ1) is 25.5. The van der Waals surface area contributed by atoms with Crippen LogP contribution in [0.25, 0.3) is 22.0 Å². The van der Waals surface area contributed by atoms with Crippen molar-refractivity contribution in [2.24, 2.45) is 5.73 Å². The number of amides is 2. The average Bonchev–Trinajstić information content (AvgIpc) is 3.12. The molecule has 53 heavy (non-hydrogen) atoms. The van der Waals surface area contributed by atoms with E-state index in [1.807, 2.05) is 13.0 Å². The molecule has 2 heterocycles. The second-order valence-electron chi connectivity index (χ2n) is 11.9. The molecule has 0 radical (unpaired) electrons. The molecule has 0 unspecified atom stereocenters. The number of primary amides is 1. The number of rotatable bonds is 17. The monoisotopic (exact) mass is 748 g/mol. The van der Waals surface area contributed by atoms with E-state index < -0.39 is 34.3 Å². The standard InChI is InChI=1S/C37H38F2N6O7S/c1-23-27-17-24(25-18-31(36(50-2)41-21-25)45(53(48)49)30-15-14-26(38)20-28(30)39)19-33(35(27)43-22-42-23)51-16-10-6-4-3-5-7-13-34(46)44-29-11-8-9-12-32(29)52-37(40)47/h8-9,11-12,14-15,17-22,53H,3-7,10,13,16H2,1-2H3,(H2,40,47)(H,44,46). The van der Waals surface area contributed by atoms with Gasteiger partial charge in [0.2, 0.25) is 22.7 Å². The molecule has 278 valence electrons. The molecule has 2 amide bonds. The van der Waals surface area contributed by atoms with E-state index in [1.165, 1.54) is 25.7 Å². The SMILES string of the molecule is COc1ncc(-c2cc(OCCCCCCCCC(=O)Nc3ccccc3OC(N)=O)c3ncnc(C)c3c2)cc1N(c1ccc(F)cc1F)[SH](=O)=O. The largest absolute Gasteiger partial charge is 0.491 e.